The first-order valence-corrected chi connectivity index (χ1v) is 6.49. The molecule has 0 aliphatic heterocycles. The van der Waals surface area contributed by atoms with Crippen LogP contribution in [-0.4, -0.2) is 30.9 Å². The molecule has 2 N–H and O–H groups in total. The van der Waals surface area contributed by atoms with Gasteiger partial charge < -0.3 is 10.2 Å². The van der Waals surface area contributed by atoms with E-state index in [1.807, 2.05) is 0 Å². The summed E-state index contributed by atoms with van der Waals surface area (Å²) in [5.41, 5.74) is -0.164. The number of aromatic hydroxyl groups is 1. The van der Waals surface area contributed by atoms with Gasteiger partial charge in [-0.1, -0.05) is 0 Å². The highest BCUT2D eigenvalue weighted by Gasteiger charge is 2.23. The zero-order valence-electron chi connectivity index (χ0n) is 9.14. The average molecular weight is 262 g/mol. The molecule has 7 heteroatoms. The van der Waals surface area contributed by atoms with Crippen LogP contribution in [0.15, 0.2) is 17.0 Å². The van der Waals surface area contributed by atoms with Gasteiger partial charge in [0.05, 0.1) is 5.92 Å². The number of phenolic OH excluding ortho intramolecular Hbond substituents is 1. The highest BCUT2D eigenvalue weighted by Crippen LogP contribution is 2.30. The number of halogens is 1. The van der Waals surface area contributed by atoms with Crippen LogP contribution in [0.3, 0.4) is 0 Å². The fourth-order valence-corrected chi connectivity index (χ4v) is 2.06. The molecular weight excluding hydrogens is 251 g/mol. The number of carboxylic acids is 1. The molecule has 0 saturated heterocycles. The Hall–Kier alpha value is -1.63. The van der Waals surface area contributed by atoms with Crippen molar-refractivity contribution in [2.75, 3.05) is 6.26 Å². The summed E-state index contributed by atoms with van der Waals surface area (Å²) >= 11 is 0. The maximum atomic E-state index is 13.5. The summed E-state index contributed by atoms with van der Waals surface area (Å²) in [5, 5.41) is 18.2. The Bertz CT molecular complexity index is 564. The molecule has 0 saturated carbocycles. The predicted octanol–water partition coefficient (Wildman–Crippen LogP) is 1.12. The number of benzene rings is 1. The monoisotopic (exact) mass is 262 g/mol. The number of phenols is 1. The molecule has 1 atom stereocenters. The second-order valence-electron chi connectivity index (χ2n) is 3.67. The van der Waals surface area contributed by atoms with Crippen molar-refractivity contribution < 1.29 is 27.8 Å². The van der Waals surface area contributed by atoms with Gasteiger partial charge in [-0.2, -0.15) is 0 Å². The highest BCUT2D eigenvalue weighted by molar-refractivity contribution is 7.90. The summed E-state index contributed by atoms with van der Waals surface area (Å²) in [7, 11) is -3.80. The molecule has 0 radical (unpaired) electrons. The van der Waals surface area contributed by atoms with Crippen LogP contribution < -0.4 is 0 Å². The Morgan fingerprint density at radius 1 is 1.41 bits per heavy atom. The van der Waals surface area contributed by atoms with Crippen LogP contribution in [0.5, 0.6) is 5.75 Å². The summed E-state index contributed by atoms with van der Waals surface area (Å²) in [5.74, 6) is -4.00. The van der Waals surface area contributed by atoms with Gasteiger partial charge in [0.25, 0.3) is 0 Å². The van der Waals surface area contributed by atoms with E-state index in [1.165, 1.54) is 6.92 Å². The van der Waals surface area contributed by atoms with Gasteiger partial charge in [-0.3, -0.25) is 4.79 Å². The number of carbonyl (C=O) groups is 1. The van der Waals surface area contributed by atoms with Gasteiger partial charge in [0, 0.05) is 17.9 Å². The van der Waals surface area contributed by atoms with Gasteiger partial charge in [0.2, 0.25) is 0 Å². The van der Waals surface area contributed by atoms with E-state index in [-0.39, 0.29) is 5.56 Å². The maximum absolute atomic E-state index is 13.5. The lowest BCUT2D eigenvalue weighted by atomic mass is 10.0. The molecule has 94 valence electrons. The van der Waals surface area contributed by atoms with E-state index in [9.17, 15) is 22.7 Å². The molecule has 17 heavy (non-hydrogen) atoms. The van der Waals surface area contributed by atoms with E-state index in [4.69, 9.17) is 5.11 Å². The van der Waals surface area contributed by atoms with Crippen LogP contribution in [0.4, 0.5) is 4.39 Å². The topological polar surface area (TPSA) is 91.7 Å². The van der Waals surface area contributed by atoms with E-state index in [0.29, 0.717) is 0 Å². The van der Waals surface area contributed by atoms with Gasteiger partial charge in [0.1, 0.15) is 16.5 Å². The van der Waals surface area contributed by atoms with Crippen molar-refractivity contribution in [3.8, 4) is 5.75 Å². The van der Waals surface area contributed by atoms with E-state index >= 15 is 0 Å². The minimum atomic E-state index is -3.80. The molecule has 0 aliphatic rings. The van der Waals surface area contributed by atoms with Crippen molar-refractivity contribution in [2.45, 2.75) is 17.7 Å². The standard InChI is InChI=1S/C10H11FO5S/c1-5(10(13)14)6-3-7(11)9(4-8(6)12)17(2,15)16/h3-5,12H,1-2H3,(H,13,14). The van der Waals surface area contributed by atoms with Gasteiger partial charge in [0.15, 0.2) is 9.84 Å². The zero-order chi connectivity index (χ0) is 13.4. The van der Waals surface area contributed by atoms with Gasteiger partial charge in [-0.15, -0.1) is 0 Å². The summed E-state index contributed by atoms with van der Waals surface area (Å²) in [6.07, 6.45) is 0.797. The molecule has 0 amide bonds. The van der Waals surface area contributed by atoms with Crippen LogP contribution >= 0.6 is 0 Å². The van der Waals surface area contributed by atoms with E-state index in [0.717, 1.165) is 18.4 Å². The molecule has 0 spiro atoms. The summed E-state index contributed by atoms with van der Waals surface area (Å²) in [6.45, 7) is 1.26. The number of hydrogen-bond acceptors (Lipinski definition) is 4. The summed E-state index contributed by atoms with van der Waals surface area (Å²) in [6, 6.07) is 1.45. The Morgan fingerprint density at radius 3 is 2.35 bits per heavy atom. The molecule has 5 nitrogen and oxygen atoms in total. The number of hydrogen-bond donors (Lipinski definition) is 2. The van der Waals surface area contributed by atoms with Gasteiger partial charge in [-0.25, -0.2) is 12.8 Å². The molecule has 1 rings (SSSR count). The third-order valence-electron chi connectivity index (χ3n) is 2.32. The van der Waals surface area contributed by atoms with Crippen LogP contribution in [0, 0.1) is 5.82 Å². The van der Waals surface area contributed by atoms with Crippen LogP contribution in [0.2, 0.25) is 0 Å². The molecule has 1 aromatic rings. The first kappa shape index (κ1) is 13.4. The first-order chi connectivity index (χ1) is 7.64. The Labute approximate surface area is 97.4 Å². The van der Waals surface area contributed by atoms with Crippen LogP contribution in [-0.2, 0) is 14.6 Å². The van der Waals surface area contributed by atoms with Gasteiger partial charge in [-0.05, 0) is 13.0 Å². The summed E-state index contributed by atoms with van der Waals surface area (Å²) in [4.78, 5) is 10.0. The second-order valence-corrected chi connectivity index (χ2v) is 5.66. The minimum absolute atomic E-state index is 0.164. The lowest BCUT2D eigenvalue weighted by Gasteiger charge is -2.11. The van der Waals surface area contributed by atoms with Crippen LogP contribution in [0.1, 0.15) is 18.4 Å². The normalized spacial score (nSPS) is 13.4. The molecule has 0 bridgehead atoms. The second kappa shape index (κ2) is 4.33. The van der Waals surface area contributed by atoms with E-state index < -0.39 is 38.2 Å². The molecule has 0 fully saturated rings. The Morgan fingerprint density at radius 2 is 1.94 bits per heavy atom. The van der Waals surface area contributed by atoms with Crippen LogP contribution in [0.25, 0.3) is 0 Å². The van der Waals surface area contributed by atoms with E-state index in [2.05, 4.69) is 0 Å². The molecule has 1 aromatic carbocycles. The molecule has 0 aromatic heterocycles. The maximum Gasteiger partial charge on any atom is 0.310 e. The van der Waals surface area contributed by atoms with Crippen molar-refractivity contribution in [3.63, 3.8) is 0 Å². The molecule has 0 heterocycles. The lowest BCUT2D eigenvalue weighted by molar-refractivity contribution is -0.138. The number of aliphatic carboxylic acids is 1. The summed E-state index contributed by atoms with van der Waals surface area (Å²) < 4.78 is 35.8. The lowest BCUT2D eigenvalue weighted by Crippen LogP contribution is -2.09. The Balaban J connectivity index is 3.43. The van der Waals surface area contributed by atoms with Crippen molar-refractivity contribution in [1.29, 1.82) is 0 Å². The smallest absolute Gasteiger partial charge is 0.310 e. The van der Waals surface area contributed by atoms with Crippen molar-refractivity contribution in [3.05, 3.63) is 23.5 Å². The third-order valence-corrected chi connectivity index (χ3v) is 3.43. The molecular formula is C10H11FO5S. The third kappa shape index (κ3) is 2.73. The number of sulfone groups is 1. The van der Waals surface area contributed by atoms with Gasteiger partial charge >= 0.3 is 5.97 Å². The largest absolute Gasteiger partial charge is 0.508 e. The fourth-order valence-electron chi connectivity index (χ4n) is 1.32. The first-order valence-electron chi connectivity index (χ1n) is 4.60. The highest BCUT2D eigenvalue weighted by atomic mass is 32.2. The van der Waals surface area contributed by atoms with E-state index in [1.54, 1.807) is 0 Å². The van der Waals surface area contributed by atoms with Crippen molar-refractivity contribution in [1.82, 2.24) is 0 Å². The number of carboxylic acid groups (broad SMARTS) is 1. The quantitative estimate of drug-likeness (QED) is 0.851. The Kier molecular flexibility index (Phi) is 3.42. The average Bonchev–Trinajstić information content (AvgIpc) is 2.18. The number of rotatable bonds is 3. The molecule has 1 unspecified atom stereocenters. The minimum Gasteiger partial charge on any atom is -0.508 e. The van der Waals surface area contributed by atoms with Crippen molar-refractivity contribution in [2.24, 2.45) is 0 Å². The predicted molar refractivity (Wildman–Crippen MR) is 57.2 cm³/mol. The molecule has 0 aliphatic carbocycles. The SMILES string of the molecule is CC(C(=O)O)c1cc(F)c(S(C)(=O)=O)cc1O. The fraction of sp³-hybridized carbons (Fsp3) is 0.300. The van der Waals surface area contributed by atoms with Crippen molar-refractivity contribution >= 4 is 15.8 Å². The zero-order valence-corrected chi connectivity index (χ0v) is 9.95.